The lowest BCUT2D eigenvalue weighted by Crippen LogP contribution is -2.12. The highest BCUT2D eigenvalue weighted by Crippen LogP contribution is 2.31. The van der Waals surface area contributed by atoms with Crippen molar-refractivity contribution in [1.82, 2.24) is 20.4 Å². The first-order valence-corrected chi connectivity index (χ1v) is 7.03. The maximum atomic E-state index is 5.38. The number of hydrogen-bond donors (Lipinski definition) is 2. The summed E-state index contributed by atoms with van der Waals surface area (Å²) in [5.41, 5.74) is 2.85. The lowest BCUT2D eigenvalue weighted by atomic mass is 9.99. The van der Waals surface area contributed by atoms with Gasteiger partial charge in [0.15, 0.2) is 5.76 Å². The highest BCUT2D eigenvalue weighted by atomic mass is 16.5. The lowest BCUT2D eigenvalue weighted by molar-refractivity contribution is 0.426. The van der Waals surface area contributed by atoms with E-state index < -0.39 is 0 Å². The SMILES string of the molecule is CCNc1ncc(-c2cc(C)no2)c([C@H]2CCNC2)n1. The molecular weight excluding hydrogens is 254 g/mol. The van der Waals surface area contributed by atoms with E-state index in [1.807, 2.05) is 26.1 Å². The molecule has 0 radical (unpaired) electrons. The zero-order valence-corrected chi connectivity index (χ0v) is 11.8. The molecule has 20 heavy (non-hydrogen) atoms. The van der Waals surface area contributed by atoms with Gasteiger partial charge >= 0.3 is 0 Å². The summed E-state index contributed by atoms with van der Waals surface area (Å²) in [6.45, 7) is 6.73. The summed E-state index contributed by atoms with van der Waals surface area (Å²) in [6, 6.07) is 1.93. The summed E-state index contributed by atoms with van der Waals surface area (Å²) >= 11 is 0. The number of anilines is 1. The Morgan fingerprint density at radius 1 is 1.50 bits per heavy atom. The van der Waals surface area contributed by atoms with Crippen molar-refractivity contribution in [3.8, 4) is 11.3 Å². The van der Waals surface area contributed by atoms with Crippen LogP contribution in [0.5, 0.6) is 0 Å². The first-order chi connectivity index (χ1) is 9.78. The third kappa shape index (κ3) is 2.51. The van der Waals surface area contributed by atoms with Crippen LogP contribution in [0.4, 0.5) is 5.95 Å². The van der Waals surface area contributed by atoms with Gasteiger partial charge in [-0.2, -0.15) is 0 Å². The van der Waals surface area contributed by atoms with Gasteiger partial charge in [0.25, 0.3) is 0 Å². The molecule has 2 N–H and O–H groups in total. The fourth-order valence-corrected chi connectivity index (χ4v) is 2.52. The van der Waals surface area contributed by atoms with Crippen LogP contribution in [0.25, 0.3) is 11.3 Å². The maximum Gasteiger partial charge on any atom is 0.222 e. The molecule has 3 rings (SSSR count). The van der Waals surface area contributed by atoms with E-state index in [1.54, 1.807) is 0 Å². The largest absolute Gasteiger partial charge is 0.356 e. The fourth-order valence-electron chi connectivity index (χ4n) is 2.52. The molecule has 0 aromatic carbocycles. The quantitative estimate of drug-likeness (QED) is 0.886. The molecule has 1 aliphatic heterocycles. The molecule has 0 aliphatic carbocycles. The minimum absolute atomic E-state index is 0.399. The van der Waals surface area contributed by atoms with Crippen molar-refractivity contribution in [3.05, 3.63) is 23.7 Å². The predicted octanol–water partition coefficient (Wildman–Crippen LogP) is 1.95. The summed E-state index contributed by atoms with van der Waals surface area (Å²) in [5.74, 6) is 1.82. The van der Waals surface area contributed by atoms with E-state index in [0.29, 0.717) is 11.9 Å². The van der Waals surface area contributed by atoms with Crippen LogP contribution in [0.2, 0.25) is 0 Å². The van der Waals surface area contributed by atoms with Gasteiger partial charge in [-0.1, -0.05) is 5.16 Å². The van der Waals surface area contributed by atoms with E-state index in [2.05, 4.69) is 25.8 Å². The van der Waals surface area contributed by atoms with Crippen LogP contribution in [0, 0.1) is 6.92 Å². The van der Waals surface area contributed by atoms with Gasteiger partial charge in [-0.15, -0.1) is 0 Å². The Balaban J connectivity index is 2.03. The van der Waals surface area contributed by atoms with Gasteiger partial charge in [0, 0.05) is 31.3 Å². The Kier molecular flexibility index (Phi) is 3.64. The van der Waals surface area contributed by atoms with Crippen LogP contribution < -0.4 is 10.6 Å². The van der Waals surface area contributed by atoms with Crippen molar-refractivity contribution in [1.29, 1.82) is 0 Å². The average molecular weight is 273 g/mol. The van der Waals surface area contributed by atoms with E-state index in [4.69, 9.17) is 4.52 Å². The van der Waals surface area contributed by atoms with Crippen molar-refractivity contribution in [3.63, 3.8) is 0 Å². The van der Waals surface area contributed by atoms with Gasteiger partial charge in [0.2, 0.25) is 5.95 Å². The molecule has 106 valence electrons. The first kappa shape index (κ1) is 13.1. The van der Waals surface area contributed by atoms with Crippen LogP contribution in [-0.4, -0.2) is 34.8 Å². The minimum Gasteiger partial charge on any atom is -0.356 e. The molecule has 1 aliphatic rings. The zero-order valence-electron chi connectivity index (χ0n) is 11.8. The van der Waals surface area contributed by atoms with E-state index in [9.17, 15) is 0 Å². The number of rotatable bonds is 4. The summed E-state index contributed by atoms with van der Waals surface area (Å²) in [7, 11) is 0. The predicted molar refractivity (Wildman–Crippen MR) is 76.7 cm³/mol. The fraction of sp³-hybridized carbons (Fsp3) is 0.500. The third-order valence-electron chi connectivity index (χ3n) is 3.49. The first-order valence-electron chi connectivity index (χ1n) is 7.03. The Hall–Kier alpha value is -1.95. The highest BCUT2D eigenvalue weighted by molar-refractivity contribution is 5.61. The van der Waals surface area contributed by atoms with Gasteiger partial charge in [-0.05, 0) is 26.8 Å². The highest BCUT2D eigenvalue weighted by Gasteiger charge is 2.24. The molecule has 1 atom stereocenters. The molecule has 2 aromatic rings. The Labute approximate surface area is 118 Å². The molecule has 0 amide bonds. The Morgan fingerprint density at radius 2 is 2.40 bits per heavy atom. The molecule has 6 nitrogen and oxygen atoms in total. The van der Waals surface area contributed by atoms with E-state index in [1.165, 1.54) is 0 Å². The van der Waals surface area contributed by atoms with Crippen LogP contribution in [0.1, 0.15) is 30.7 Å². The van der Waals surface area contributed by atoms with Crippen molar-refractivity contribution in [2.24, 2.45) is 0 Å². The molecule has 6 heteroatoms. The van der Waals surface area contributed by atoms with E-state index in [-0.39, 0.29) is 0 Å². The third-order valence-corrected chi connectivity index (χ3v) is 3.49. The summed E-state index contributed by atoms with van der Waals surface area (Å²) in [4.78, 5) is 9.04. The zero-order chi connectivity index (χ0) is 13.9. The topological polar surface area (TPSA) is 75.9 Å². The normalized spacial score (nSPS) is 18.4. The standard InChI is InChI=1S/C14H19N5O/c1-3-16-14-17-8-11(12-6-9(2)19-20-12)13(18-14)10-4-5-15-7-10/h6,8,10,15H,3-5,7H2,1-2H3,(H,16,17,18)/t10-/m0/s1. The molecule has 1 fully saturated rings. The molecule has 0 saturated carbocycles. The van der Waals surface area contributed by atoms with Crippen LogP contribution in [-0.2, 0) is 0 Å². The maximum absolute atomic E-state index is 5.38. The Bertz CT molecular complexity index is 589. The van der Waals surface area contributed by atoms with E-state index >= 15 is 0 Å². The van der Waals surface area contributed by atoms with Gasteiger partial charge in [-0.3, -0.25) is 0 Å². The average Bonchev–Trinajstić information content (AvgIpc) is 3.10. The van der Waals surface area contributed by atoms with E-state index in [0.717, 1.165) is 48.8 Å². The monoisotopic (exact) mass is 273 g/mol. The van der Waals surface area contributed by atoms with Crippen molar-refractivity contribution >= 4 is 5.95 Å². The second kappa shape index (κ2) is 5.58. The number of aryl methyl sites for hydroxylation is 1. The number of aromatic nitrogens is 3. The van der Waals surface area contributed by atoms with Gasteiger partial charge in [-0.25, -0.2) is 9.97 Å². The van der Waals surface area contributed by atoms with Crippen molar-refractivity contribution in [2.75, 3.05) is 25.0 Å². The van der Waals surface area contributed by atoms with Crippen LogP contribution >= 0.6 is 0 Å². The second-order valence-corrected chi connectivity index (χ2v) is 5.05. The molecule has 0 unspecified atom stereocenters. The summed E-state index contributed by atoms with van der Waals surface area (Å²) in [6.07, 6.45) is 2.92. The molecule has 1 saturated heterocycles. The molecule has 0 spiro atoms. The molecular formula is C14H19N5O. The van der Waals surface area contributed by atoms with Crippen molar-refractivity contribution in [2.45, 2.75) is 26.2 Å². The van der Waals surface area contributed by atoms with Gasteiger partial charge in [0.05, 0.1) is 17.0 Å². The summed E-state index contributed by atoms with van der Waals surface area (Å²) in [5, 5.41) is 10.5. The minimum atomic E-state index is 0.399. The van der Waals surface area contributed by atoms with Crippen LogP contribution in [0.3, 0.4) is 0 Å². The second-order valence-electron chi connectivity index (χ2n) is 5.05. The van der Waals surface area contributed by atoms with Crippen molar-refractivity contribution < 1.29 is 4.52 Å². The molecule has 0 bridgehead atoms. The molecule has 3 heterocycles. The lowest BCUT2D eigenvalue weighted by Gasteiger charge is -2.13. The van der Waals surface area contributed by atoms with Crippen LogP contribution in [0.15, 0.2) is 16.8 Å². The number of nitrogens with one attached hydrogen (secondary N) is 2. The smallest absolute Gasteiger partial charge is 0.222 e. The number of nitrogens with zero attached hydrogens (tertiary/aromatic N) is 3. The molecule has 2 aromatic heterocycles. The Morgan fingerprint density at radius 3 is 3.05 bits per heavy atom. The van der Waals surface area contributed by atoms with Gasteiger partial charge < -0.3 is 15.2 Å². The summed E-state index contributed by atoms with van der Waals surface area (Å²) < 4.78 is 5.38. The number of hydrogen-bond acceptors (Lipinski definition) is 6. The van der Waals surface area contributed by atoms with Gasteiger partial charge in [0.1, 0.15) is 0 Å².